The highest BCUT2D eigenvalue weighted by Gasteiger charge is 2.31. The number of fused-ring (bicyclic) bond motifs is 1. The molecule has 1 saturated carbocycles. The molecule has 3 rings (SSSR count). The van der Waals surface area contributed by atoms with Crippen LogP contribution in [0.15, 0.2) is 18.3 Å². The van der Waals surface area contributed by atoms with E-state index in [1.165, 1.54) is 12.8 Å². The quantitative estimate of drug-likeness (QED) is 0.897. The molecular weight excluding hydrogens is 236 g/mol. The Hall–Kier alpha value is -1.42. The Morgan fingerprint density at radius 3 is 2.84 bits per heavy atom. The fourth-order valence-corrected chi connectivity index (χ4v) is 2.80. The summed E-state index contributed by atoms with van der Waals surface area (Å²) in [6.45, 7) is 5.14. The summed E-state index contributed by atoms with van der Waals surface area (Å²) in [7, 11) is 0. The number of hydrogen-bond acceptors (Lipinski definition) is 3. The number of rotatable bonds is 5. The van der Waals surface area contributed by atoms with E-state index < -0.39 is 0 Å². The van der Waals surface area contributed by atoms with Gasteiger partial charge < -0.3 is 10.3 Å². The van der Waals surface area contributed by atoms with E-state index in [4.69, 9.17) is 10.7 Å². The molecular formula is C15H22N4. The van der Waals surface area contributed by atoms with Crippen LogP contribution in [0, 0.1) is 5.92 Å². The van der Waals surface area contributed by atoms with Gasteiger partial charge in [0, 0.05) is 24.7 Å². The van der Waals surface area contributed by atoms with Crippen molar-refractivity contribution in [3.8, 4) is 0 Å². The van der Waals surface area contributed by atoms with Gasteiger partial charge in [-0.25, -0.2) is 9.97 Å². The van der Waals surface area contributed by atoms with Crippen LogP contribution in [0.25, 0.3) is 11.2 Å². The number of nitrogens with two attached hydrogens (primary N) is 1. The molecule has 2 N–H and O–H groups in total. The Kier molecular flexibility index (Phi) is 3.27. The van der Waals surface area contributed by atoms with Gasteiger partial charge in [0.05, 0.1) is 0 Å². The first-order valence-corrected chi connectivity index (χ1v) is 7.23. The highest BCUT2D eigenvalue weighted by molar-refractivity contribution is 5.71. The third-order valence-electron chi connectivity index (χ3n) is 3.79. The lowest BCUT2D eigenvalue weighted by molar-refractivity contribution is 0.472. The van der Waals surface area contributed by atoms with Gasteiger partial charge in [0.25, 0.3) is 0 Å². The van der Waals surface area contributed by atoms with Crippen molar-refractivity contribution in [2.24, 2.45) is 11.7 Å². The molecule has 0 saturated heterocycles. The molecule has 1 aliphatic carbocycles. The number of aromatic nitrogens is 3. The normalized spacial score (nSPS) is 17.3. The molecule has 1 aliphatic rings. The molecule has 0 radical (unpaired) electrons. The molecule has 2 heterocycles. The van der Waals surface area contributed by atoms with Crippen molar-refractivity contribution in [3.63, 3.8) is 0 Å². The lowest BCUT2D eigenvalue weighted by Gasteiger charge is -2.18. The van der Waals surface area contributed by atoms with Crippen LogP contribution in [0.5, 0.6) is 0 Å². The van der Waals surface area contributed by atoms with E-state index in [1.807, 2.05) is 18.3 Å². The van der Waals surface area contributed by atoms with Crippen molar-refractivity contribution in [1.82, 2.24) is 14.5 Å². The average Bonchev–Trinajstić information content (AvgIpc) is 3.16. The second-order valence-electron chi connectivity index (χ2n) is 5.98. The zero-order valence-corrected chi connectivity index (χ0v) is 11.7. The first-order chi connectivity index (χ1) is 9.20. The Morgan fingerprint density at radius 2 is 2.21 bits per heavy atom. The summed E-state index contributed by atoms with van der Waals surface area (Å²) >= 11 is 0. The largest absolute Gasteiger partial charge is 0.330 e. The minimum absolute atomic E-state index is 0.342. The minimum Gasteiger partial charge on any atom is -0.330 e. The molecule has 4 nitrogen and oxygen atoms in total. The highest BCUT2D eigenvalue weighted by atomic mass is 15.2. The first-order valence-electron chi connectivity index (χ1n) is 7.23. The second-order valence-corrected chi connectivity index (χ2v) is 5.98. The van der Waals surface area contributed by atoms with Crippen molar-refractivity contribution < 1.29 is 0 Å². The number of imidazole rings is 1. The van der Waals surface area contributed by atoms with E-state index in [0.717, 1.165) is 23.4 Å². The minimum atomic E-state index is 0.342. The zero-order valence-electron chi connectivity index (χ0n) is 11.7. The lowest BCUT2D eigenvalue weighted by Crippen LogP contribution is -2.19. The van der Waals surface area contributed by atoms with Crippen LogP contribution < -0.4 is 5.73 Å². The molecule has 0 amide bonds. The van der Waals surface area contributed by atoms with Gasteiger partial charge in [0.1, 0.15) is 11.3 Å². The van der Waals surface area contributed by atoms with E-state index in [-0.39, 0.29) is 0 Å². The van der Waals surface area contributed by atoms with Gasteiger partial charge >= 0.3 is 0 Å². The summed E-state index contributed by atoms with van der Waals surface area (Å²) in [5.41, 5.74) is 8.03. The zero-order chi connectivity index (χ0) is 13.4. The van der Waals surface area contributed by atoms with E-state index in [9.17, 15) is 0 Å². The summed E-state index contributed by atoms with van der Waals surface area (Å²) in [6.07, 6.45) is 5.43. The molecule has 2 aromatic heterocycles. The fraction of sp³-hybridized carbons (Fsp3) is 0.600. The van der Waals surface area contributed by atoms with Gasteiger partial charge in [0.2, 0.25) is 0 Å². The fourth-order valence-electron chi connectivity index (χ4n) is 2.80. The predicted octanol–water partition coefficient (Wildman–Crippen LogP) is 2.85. The monoisotopic (exact) mass is 258 g/mol. The summed E-state index contributed by atoms with van der Waals surface area (Å²) in [4.78, 5) is 9.34. The van der Waals surface area contributed by atoms with E-state index in [2.05, 4.69) is 23.4 Å². The van der Waals surface area contributed by atoms with Gasteiger partial charge in [-0.1, -0.05) is 13.8 Å². The van der Waals surface area contributed by atoms with Gasteiger partial charge in [-0.2, -0.15) is 0 Å². The van der Waals surface area contributed by atoms with Crippen molar-refractivity contribution in [1.29, 1.82) is 0 Å². The molecule has 0 aromatic carbocycles. The average molecular weight is 258 g/mol. The number of nitrogens with zero attached hydrogens (tertiary/aromatic N) is 3. The summed E-state index contributed by atoms with van der Waals surface area (Å²) in [6, 6.07) is 4.60. The van der Waals surface area contributed by atoms with Crippen molar-refractivity contribution in [2.45, 2.75) is 45.1 Å². The van der Waals surface area contributed by atoms with Crippen molar-refractivity contribution >= 4 is 11.2 Å². The topological polar surface area (TPSA) is 56.7 Å². The van der Waals surface area contributed by atoms with Crippen LogP contribution in [-0.4, -0.2) is 21.1 Å². The lowest BCUT2D eigenvalue weighted by atomic mass is 9.96. The Morgan fingerprint density at radius 1 is 1.42 bits per heavy atom. The third kappa shape index (κ3) is 2.37. The molecule has 0 aliphatic heterocycles. The molecule has 19 heavy (non-hydrogen) atoms. The molecule has 0 bridgehead atoms. The standard InChI is InChI=1S/C15H22N4/c1-10(2)8-11(9-16)14-18-13-4-3-7-17-15(13)19(14)12-5-6-12/h3-4,7,10-12H,5-6,8-9,16H2,1-2H3. The number of hydrogen-bond donors (Lipinski definition) is 1. The van der Waals surface area contributed by atoms with Crippen molar-refractivity contribution in [2.75, 3.05) is 6.54 Å². The number of pyridine rings is 1. The molecule has 2 aromatic rings. The van der Waals surface area contributed by atoms with Crippen LogP contribution in [0.4, 0.5) is 0 Å². The maximum absolute atomic E-state index is 5.99. The molecule has 1 atom stereocenters. The smallest absolute Gasteiger partial charge is 0.160 e. The summed E-state index contributed by atoms with van der Waals surface area (Å²) < 4.78 is 2.34. The van der Waals surface area contributed by atoms with Crippen LogP contribution in [-0.2, 0) is 0 Å². The Labute approximate surface area is 114 Å². The highest BCUT2D eigenvalue weighted by Crippen LogP contribution is 2.40. The van der Waals surface area contributed by atoms with Crippen LogP contribution in [0.1, 0.15) is 50.9 Å². The Bertz CT molecular complexity index is 569. The maximum Gasteiger partial charge on any atom is 0.160 e. The summed E-state index contributed by atoms with van der Waals surface area (Å²) in [5.74, 6) is 2.12. The van der Waals surface area contributed by atoms with E-state index in [1.54, 1.807) is 0 Å². The third-order valence-corrected chi connectivity index (χ3v) is 3.79. The predicted molar refractivity (Wildman–Crippen MR) is 77.0 cm³/mol. The molecule has 1 unspecified atom stereocenters. The van der Waals surface area contributed by atoms with Gasteiger partial charge in [0.15, 0.2) is 5.65 Å². The SMILES string of the molecule is CC(C)CC(CN)c1nc2cccnc2n1C1CC1. The van der Waals surface area contributed by atoms with Crippen LogP contribution >= 0.6 is 0 Å². The van der Waals surface area contributed by atoms with Gasteiger partial charge in [-0.3, -0.25) is 0 Å². The van der Waals surface area contributed by atoms with E-state index >= 15 is 0 Å². The van der Waals surface area contributed by atoms with Crippen LogP contribution in [0.2, 0.25) is 0 Å². The molecule has 0 spiro atoms. The molecule has 1 fully saturated rings. The maximum atomic E-state index is 5.99. The van der Waals surface area contributed by atoms with Crippen molar-refractivity contribution in [3.05, 3.63) is 24.2 Å². The van der Waals surface area contributed by atoms with E-state index in [0.29, 0.717) is 24.4 Å². The van der Waals surface area contributed by atoms with Crippen LogP contribution in [0.3, 0.4) is 0 Å². The Balaban J connectivity index is 2.08. The molecule has 102 valence electrons. The second kappa shape index (κ2) is 4.93. The van der Waals surface area contributed by atoms with Gasteiger partial charge in [-0.05, 0) is 37.3 Å². The van der Waals surface area contributed by atoms with Gasteiger partial charge in [-0.15, -0.1) is 0 Å². The summed E-state index contributed by atoms with van der Waals surface area (Å²) in [5, 5.41) is 0. The molecule has 4 heteroatoms. The first kappa shape index (κ1) is 12.6.